The van der Waals surface area contributed by atoms with Crippen molar-refractivity contribution in [1.29, 1.82) is 0 Å². The van der Waals surface area contributed by atoms with Gasteiger partial charge in [0.05, 0.1) is 5.69 Å². The van der Waals surface area contributed by atoms with E-state index in [1.165, 1.54) is 30.7 Å². The zero-order valence-corrected chi connectivity index (χ0v) is 13.3. The van der Waals surface area contributed by atoms with Crippen LogP contribution in [0.25, 0.3) is 11.0 Å². The van der Waals surface area contributed by atoms with Crippen LogP contribution in [0.5, 0.6) is 0 Å². The summed E-state index contributed by atoms with van der Waals surface area (Å²) < 4.78 is 2.33. The first-order chi connectivity index (χ1) is 11.0. The molecule has 1 aliphatic carbocycles. The van der Waals surface area contributed by atoms with Crippen molar-refractivity contribution in [1.82, 2.24) is 14.1 Å². The predicted octanol–water partition coefficient (Wildman–Crippen LogP) is 1.15. The van der Waals surface area contributed by atoms with Crippen LogP contribution in [0.1, 0.15) is 32.1 Å². The third kappa shape index (κ3) is 2.78. The van der Waals surface area contributed by atoms with Crippen molar-refractivity contribution in [2.24, 2.45) is 20.0 Å². The molecule has 23 heavy (non-hydrogen) atoms. The van der Waals surface area contributed by atoms with Gasteiger partial charge in [0.2, 0.25) is 5.91 Å². The van der Waals surface area contributed by atoms with Gasteiger partial charge >= 0.3 is 5.69 Å². The Balaban J connectivity index is 1.99. The molecule has 1 fully saturated rings. The summed E-state index contributed by atoms with van der Waals surface area (Å²) in [5, 5.41) is 3.08. The van der Waals surface area contributed by atoms with Crippen LogP contribution in [0, 0.1) is 5.92 Å². The van der Waals surface area contributed by atoms with E-state index in [0.29, 0.717) is 18.0 Å². The van der Waals surface area contributed by atoms with Gasteiger partial charge in [0.15, 0.2) is 5.65 Å². The van der Waals surface area contributed by atoms with E-state index in [4.69, 9.17) is 0 Å². The second kappa shape index (κ2) is 5.98. The fraction of sp³-hybridized carbons (Fsp3) is 0.500. The van der Waals surface area contributed by atoms with Crippen LogP contribution in [0.2, 0.25) is 0 Å². The van der Waals surface area contributed by atoms with E-state index in [1.807, 2.05) is 0 Å². The zero-order valence-electron chi connectivity index (χ0n) is 13.3. The Morgan fingerprint density at radius 3 is 2.65 bits per heavy atom. The summed E-state index contributed by atoms with van der Waals surface area (Å²) in [5.41, 5.74) is -0.206. The molecule has 1 saturated carbocycles. The van der Waals surface area contributed by atoms with Gasteiger partial charge in [-0.15, -0.1) is 0 Å². The molecule has 0 spiro atoms. The minimum atomic E-state index is -0.452. The van der Waals surface area contributed by atoms with Gasteiger partial charge in [-0.2, -0.15) is 0 Å². The average molecular weight is 316 g/mol. The highest BCUT2D eigenvalue weighted by atomic mass is 16.2. The van der Waals surface area contributed by atoms with Crippen molar-refractivity contribution < 1.29 is 4.79 Å². The first kappa shape index (κ1) is 15.5. The number of carbonyl (C=O) groups excluding carboxylic acids is 1. The first-order valence-electron chi connectivity index (χ1n) is 7.83. The van der Waals surface area contributed by atoms with E-state index in [0.717, 1.165) is 17.4 Å². The van der Waals surface area contributed by atoms with Crippen LogP contribution in [0.15, 0.2) is 21.9 Å². The molecule has 2 heterocycles. The molecule has 3 rings (SSSR count). The molecule has 7 heteroatoms. The molecule has 7 nitrogen and oxygen atoms in total. The van der Waals surface area contributed by atoms with Gasteiger partial charge in [-0.1, -0.05) is 12.8 Å². The van der Waals surface area contributed by atoms with Gasteiger partial charge in [0, 0.05) is 26.7 Å². The number of rotatable bonds is 3. The third-order valence-electron chi connectivity index (χ3n) is 4.56. The van der Waals surface area contributed by atoms with E-state index in [9.17, 15) is 14.4 Å². The summed E-state index contributed by atoms with van der Waals surface area (Å²) in [6, 6.07) is 1.60. The molecule has 1 N–H and O–H groups in total. The highest BCUT2D eigenvalue weighted by Crippen LogP contribution is 2.28. The maximum atomic E-state index is 12.4. The van der Waals surface area contributed by atoms with Crippen LogP contribution in [0.3, 0.4) is 0 Å². The Morgan fingerprint density at radius 2 is 1.96 bits per heavy atom. The largest absolute Gasteiger partial charge is 0.332 e. The quantitative estimate of drug-likeness (QED) is 0.920. The number of aromatic nitrogens is 3. The van der Waals surface area contributed by atoms with Crippen LogP contribution in [-0.4, -0.2) is 20.0 Å². The number of aryl methyl sites for hydroxylation is 1. The molecule has 122 valence electrons. The first-order valence-corrected chi connectivity index (χ1v) is 7.83. The number of amides is 1. The van der Waals surface area contributed by atoms with E-state index in [-0.39, 0.29) is 16.9 Å². The Bertz CT molecular complexity index is 875. The van der Waals surface area contributed by atoms with Crippen LogP contribution in [0.4, 0.5) is 5.69 Å². The smallest absolute Gasteiger partial charge is 0.325 e. The average Bonchev–Trinajstić information content (AvgIpc) is 3.03. The fourth-order valence-electron chi connectivity index (χ4n) is 3.27. The molecule has 0 saturated heterocycles. The summed E-state index contributed by atoms with van der Waals surface area (Å²) in [6.45, 7) is 0. The minimum absolute atomic E-state index is 0.0969. The number of hydrogen-bond donors (Lipinski definition) is 1. The summed E-state index contributed by atoms with van der Waals surface area (Å²) >= 11 is 0. The lowest BCUT2D eigenvalue weighted by molar-refractivity contribution is -0.117. The van der Waals surface area contributed by atoms with Crippen molar-refractivity contribution in [3.63, 3.8) is 0 Å². The maximum absolute atomic E-state index is 12.4. The molecule has 0 radical (unpaired) electrons. The fourth-order valence-corrected chi connectivity index (χ4v) is 3.27. The number of hydrogen-bond acceptors (Lipinski definition) is 4. The monoisotopic (exact) mass is 316 g/mol. The normalized spacial score (nSPS) is 15.2. The number of anilines is 1. The lowest BCUT2D eigenvalue weighted by Crippen LogP contribution is -2.37. The van der Waals surface area contributed by atoms with Gasteiger partial charge in [-0.25, -0.2) is 9.78 Å². The lowest BCUT2D eigenvalue weighted by Gasteiger charge is -2.12. The summed E-state index contributed by atoms with van der Waals surface area (Å²) in [7, 11) is 2.97. The van der Waals surface area contributed by atoms with Crippen molar-refractivity contribution in [3.8, 4) is 0 Å². The van der Waals surface area contributed by atoms with Crippen molar-refractivity contribution >= 4 is 22.6 Å². The highest BCUT2D eigenvalue weighted by molar-refractivity contribution is 5.99. The summed E-state index contributed by atoms with van der Waals surface area (Å²) in [6.07, 6.45) is 6.49. The van der Waals surface area contributed by atoms with E-state index in [2.05, 4.69) is 10.3 Å². The topological polar surface area (TPSA) is 86.0 Å². The van der Waals surface area contributed by atoms with Crippen molar-refractivity contribution in [2.75, 3.05) is 5.32 Å². The van der Waals surface area contributed by atoms with Gasteiger partial charge in [-0.3, -0.25) is 18.7 Å². The van der Waals surface area contributed by atoms with Crippen molar-refractivity contribution in [3.05, 3.63) is 33.1 Å². The van der Waals surface area contributed by atoms with Gasteiger partial charge < -0.3 is 5.32 Å². The van der Waals surface area contributed by atoms with E-state index >= 15 is 0 Å². The number of nitrogens with one attached hydrogen (secondary N) is 1. The number of pyridine rings is 1. The molecule has 0 aromatic carbocycles. The Morgan fingerprint density at radius 1 is 1.26 bits per heavy atom. The van der Waals surface area contributed by atoms with Crippen LogP contribution < -0.4 is 16.6 Å². The molecule has 0 aliphatic heterocycles. The van der Waals surface area contributed by atoms with E-state index < -0.39 is 11.2 Å². The lowest BCUT2D eigenvalue weighted by atomic mass is 10.0. The van der Waals surface area contributed by atoms with Crippen LogP contribution >= 0.6 is 0 Å². The second-order valence-electron chi connectivity index (χ2n) is 6.17. The molecule has 2 aromatic heterocycles. The summed E-state index contributed by atoms with van der Waals surface area (Å²) in [5.74, 6) is 0.329. The molecule has 1 aliphatic rings. The van der Waals surface area contributed by atoms with Gasteiger partial charge in [0.1, 0.15) is 5.39 Å². The number of nitrogens with zero attached hydrogens (tertiary/aromatic N) is 3. The molecular weight excluding hydrogens is 296 g/mol. The number of fused-ring (bicyclic) bond motifs is 1. The molecule has 1 amide bonds. The van der Waals surface area contributed by atoms with Crippen molar-refractivity contribution in [2.45, 2.75) is 32.1 Å². The second-order valence-corrected chi connectivity index (χ2v) is 6.17. The molecule has 0 atom stereocenters. The Labute approximate surface area is 133 Å². The Hall–Kier alpha value is -2.44. The molecule has 2 aromatic rings. The molecule has 0 unspecified atom stereocenters. The SMILES string of the molecule is Cn1c(=O)c2c(NC(=O)CC3CCCC3)ccnc2n(C)c1=O. The highest BCUT2D eigenvalue weighted by Gasteiger charge is 2.20. The predicted molar refractivity (Wildman–Crippen MR) is 87.4 cm³/mol. The van der Waals surface area contributed by atoms with Gasteiger partial charge in [0.25, 0.3) is 5.56 Å². The maximum Gasteiger partial charge on any atom is 0.332 e. The summed E-state index contributed by atoms with van der Waals surface area (Å²) in [4.78, 5) is 40.7. The standard InChI is InChI=1S/C16H20N4O3/c1-19-14-13(15(22)20(2)16(19)23)11(7-8-17-14)18-12(21)9-10-5-3-4-6-10/h7-8,10H,3-6,9H2,1-2H3,(H,17,18,21). The third-order valence-corrected chi connectivity index (χ3v) is 4.56. The molecule has 0 bridgehead atoms. The number of carbonyl (C=O) groups is 1. The Kier molecular flexibility index (Phi) is 4.02. The van der Waals surface area contributed by atoms with Gasteiger partial charge in [-0.05, 0) is 24.8 Å². The van der Waals surface area contributed by atoms with E-state index in [1.54, 1.807) is 13.1 Å². The zero-order chi connectivity index (χ0) is 16.6. The minimum Gasteiger partial charge on any atom is -0.325 e. The molecular formula is C16H20N4O3. The van der Waals surface area contributed by atoms with Crippen LogP contribution in [-0.2, 0) is 18.9 Å².